The smallest absolute Gasteiger partial charge is 0.257 e. The van der Waals surface area contributed by atoms with Crippen molar-refractivity contribution in [2.45, 2.75) is 46.2 Å². The highest BCUT2D eigenvalue weighted by Crippen LogP contribution is 2.28. The maximum absolute atomic E-state index is 14.7. The fraction of sp³-hybridized carbons (Fsp3) is 0.409. The van der Waals surface area contributed by atoms with E-state index in [4.69, 9.17) is 11.5 Å². The van der Waals surface area contributed by atoms with Gasteiger partial charge in [-0.3, -0.25) is 9.48 Å². The van der Waals surface area contributed by atoms with Gasteiger partial charge in [-0.1, -0.05) is 13.8 Å². The minimum absolute atomic E-state index is 0.0550. The number of rotatable bonds is 10. The third kappa shape index (κ3) is 5.72. The number of hydrogen-bond donors (Lipinski definition) is 4. The number of fused-ring (bicyclic) bond motifs is 1. The van der Waals surface area contributed by atoms with Gasteiger partial charge in [0.05, 0.1) is 16.8 Å². The summed E-state index contributed by atoms with van der Waals surface area (Å²) in [5.74, 6) is -1.24. The lowest BCUT2D eigenvalue weighted by atomic mass is 10.0. The van der Waals surface area contributed by atoms with Gasteiger partial charge in [0.2, 0.25) is 0 Å². The molecule has 0 fully saturated rings. The molecule has 3 rings (SSSR count). The Morgan fingerprint density at radius 2 is 1.94 bits per heavy atom. The average molecular weight is 464 g/mol. The van der Waals surface area contributed by atoms with E-state index in [0.717, 1.165) is 6.07 Å². The predicted molar refractivity (Wildman–Crippen MR) is 122 cm³/mol. The topological polar surface area (TPSA) is 124 Å². The van der Waals surface area contributed by atoms with Crippen molar-refractivity contribution in [3.63, 3.8) is 0 Å². The number of aromatic nitrogens is 3. The zero-order valence-corrected chi connectivity index (χ0v) is 18.7. The lowest BCUT2D eigenvalue weighted by Gasteiger charge is -2.21. The quantitative estimate of drug-likeness (QED) is 0.363. The summed E-state index contributed by atoms with van der Waals surface area (Å²) >= 11 is 0. The molecule has 178 valence electrons. The number of anilines is 3. The molecule has 0 unspecified atom stereocenters. The van der Waals surface area contributed by atoms with E-state index in [0.29, 0.717) is 34.6 Å². The van der Waals surface area contributed by atoms with E-state index in [2.05, 4.69) is 20.7 Å². The van der Waals surface area contributed by atoms with Crippen molar-refractivity contribution < 1.29 is 18.0 Å². The van der Waals surface area contributed by atoms with Gasteiger partial charge < -0.3 is 22.1 Å². The fourth-order valence-electron chi connectivity index (χ4n) is 3.67. The van der Waals surface area contributed by atoms with E-state index in [1.807, 2.05) is 13.8 Å². The zero-order valence-electron chi connectivity index (χ0n) is 18.7. The van der Waals surface area contributed by atoms with E-state index < -0.39 is 24.7 Å². The molecule has 2 heterocycles. The highest BCUT2D eigenvalue weighted by molar-refractivity contribution is 5.99. The van der Waals surface area contributed by atoms with Crippen molar-refractivity contribution in [3.8, 4) is 0 Å². The molecule has 8 nitrogen and oxygen atoms in total. The van der Waals surface area contributed by atoms with Crippen molar-refractivity contribution in [3.05, 3.63) is 41.3 Å². The molecule has 11 heteroatoms. The molecule has 0 bridgehead atoms. The molecular weight excluding hydrogens is 435 g/mol. The Hall–Kier alpha value is -3.34. The number of primary amides is 1. The van der Waals surface area contributed by atoms with Gasteiger partial charge in [-0.2, -0.15) is 5.10 Å². The van der Waals surface area contributed by atoms with Crippen LogP contribution in [0.15, 0.2) is 24.3 Å². The summed E-state index contributed by atoms with van der Waals surface area (Å²) in [7, 11) is 0. The standard InChI is InChI=1S/C22H28F3N7O/c1-11(2)6-14(9-26)29-22-17(23)8-16(20(27)33)21(30-22)28-13-4-5-18-15(7-13)12(3)31-32(18)10-19(24)25/h4-5,7-8,11,14,19H,6,9-10,26H2,1-3H3,(H2,27,33)(H2,28,29,30)/t14-/m1/s1. The summed E-state index contributed by atoms with van der Waals surface area (Å²) in [6, 6.07) is 5.78. The number of nitrogens with two attached hydrogens (primary N) is 2. The van der Waals surface area contributed by atoms with Crippen LogP contribution in [0.3, 0.4) is 0 Å². The van der Waals surface area contributed by atoms with Crippen LogP contribution < -0.4 is 22.1 Å². The van der Waals surface area contributed by atoms with Crippen LogP contribution in [0.25, 0.3) is 10.9 Å². The van der Waals surface area contributed by atoms with Crippen LogP contribution in [0.1, 0.15) is 36.3 Å². The van der Waals surface area contributed by atoms with E-state index in [1.165, 1.54) is 4.68 Å². The number of aryl methyl sites for hydroxylation is 1. The van der Waals surface area contributed by atoms with E-state index in [9.17, 15) is 18.0 Å². The van der Waals surface area contributed by atoms with Gasteiger partial charge in [0.15, 0.2) is 11.6 Å². The normalized spacial score (nSPS) is 12.5. The Morgan fingerprint density at radius 3 is 2.55 bits per heavy atom. The monoisotopic (exact) mass is 463 g/mol. The van der Waals surface area contributed by atoms with Crippen LogP contribution in [-0.4, -0.2) is 39.7 Å². The second-order valence-electron chi connectivity index (χ2n) is 8.30. The third-order valence-corrected chi connectivity index (χ3v) is 5.13. The summed E-state index contributed by atoms with van der Waals surface area (Å²) in [5, 5.41) is 10.8. The van der Waals surface area contributed by atoms with Crippen LogP contribution in [0.5, 0.6) is 0 Å². The summed E-state index contributed by atoms with van der Waals surface area (Å²) in [6.45, 7) is 5.52. The lowest BCUT2D eigenvalue weighted by Crippen LogP contribution is -2.31. The Bertz CT molecular complexity index is 1150. The second kappa shape index (κ2) is 10.1. The number of halogens is 3. The first-order chi connectivity index (χ1) is 15.6. The van der Waals surface area contributed by atoms with Crippen LogP contribution in [0.4, 0.5) is 30.5 Å². The highest BCUT2D eigenvalue weighted by atomic mass is 19.3. The summed E-state index contributed by atoms with van der Waals surface area (Å²) in [6.07, 6.45) is -1.83. The van der Waals surface area contributed by atoms with Crippen LogP contribution in [0.2, 0.25) is 0 Å². The summed E-state index contributed by atoms with van der Waals surface area (Å²) < 4.78 is 41.6. The van der Waals surface area contributed by atoms with E-state index in [1.54, 1.807) is 25.1 Å². The number of nitrogens with zero attached hydrogens (tertiary/aromatic N) is 3. The SMILES string of the molecule is Cc1nn(CC(F)F)c2ccc(Nc3nc(N[C@@H](CN)CC(C)C)c(F)cc3C(N)=O)cc12. The Morgan fingerprint density at radius 1 is 1.21 bits per heavy atom. The van der Waals surface area contributed by atoms with Crippen molar-refractivity contribution in [2.75, 3.05) is 17.2 Å². The van der Waals surface area contributed by atoms with Gasteiger partial charge in [0.25, 0.3) is 12.3 Å². The van der Waals surface area contributed by atoms with Crippen molar-refractivity contribution in [2.24, 2.45) is 17.4 Å². The largest absolute Gasteiger partial charge is 0.365 e. The molecule has 1 atom stereocenters. The first-order valence-electron chi connectivity index (χ1n) is 10.6. The maximum Gasteiger partial charge on any atom is 0.257 e. The van der Waals surface area contributed by atoms with Crippen LogP contribution >= 0.6 is 0 Å². The van der Waals surface area contributed by atoms with Gasteiger partial charge in [0, 0.05) is 23.7 Å². The molecule has 33 heavy (non-hydrogen) atoms. The van der Waals surface area contributed by atoms with Crippen LogP contribution in [0, 0.1) is 18.7 Å². The second-order valence-corrected chi connectivity index (χ2v) is 8.30. The number of carbonyl (C=O) groups is 1. The molecule has 0 spiro atoms. The lowest BCUT2D eigenvalue weighted by molar-refractivity contribution is 0.1000. The molecule has 0 saturated carbocycles. The van der Waals surface area contributed by atoms with Crippen LogP contribution in [-0.2, 0) is 6.54 Å². The average Bonchev–Trinajstić information content (AvgIpc) is 3.03. The number of alkyl halides is 2. The minimum Gasteiger partial charge on any atom is -0.365 e. The van der Waals surface area contributed by atoms with E-state index in [-0.39, 0.29) is 29.8 Å². The van der Waals surface area contributed by atoms with Gasteiger partial charge in [0.1, 0.15) is 12.4 Å². The molecular formula is C22H28F3N7O. The maximum atomic E-state index is 14.7. The van der Waals surface area contributed by atoms with Gasteiger partial charge in [-0.15, -0.1) is 0 Å². The number of pyridine rings is 1. The van der Waals surface area contributed by atoms with Crippen molar-refractivity contribution >= 4 is 34.1 Å². The van der Waals surface area contributed by atoms with Gasteiger partial charge in [-0.05, 0) is 43.5 Å². The first kappa shape index (κ1) is 24.3. The molecule has 3 aromatic rings. The number of nitrogens with one attached hydrogen (secondary N) is 2. The molecule has 0 aliphatic carbocycles. The summed E-state index contributed by atoms with van der Waals surface area (Å²) in [4.78, 5) is 16.2. The van der Waals surface area contributed by atoms with Crippen molar-refractivity contribution in [1.82, 2.24) is 14.8 Å². The fourth-order valence-corrected chi connectivity index (χ4v) is 3.67. The molecule has 0 saturated heterocycles. The molecule has 1 amide bonds. The molecule has 0 radical (unpaired) electrons. The Kier molecular flexibility index (Phi) is 7.42. The number of hydrogen-bond acceptors (Lipinski definition) is 6. The predicted octanol–water partition coefficient (Wildman–Crippen LogP) is 3.77. The number of benzene rings is 1. The number of amides is 1. The van der Waals surface area contributed by atoms with E-state index >= 15 is 0 Å². The third-order valence-electron chi connectivity index (χ3n) is 5.13. The molecule has 0 aliphatic heterocycles. The highest BCUT2D eigenvalue weighted by Gasteiger charge is 2.19. The van der Waals surface area contributed by atoms with Gasteiger partial charge in [-0.25, -0.2) is 18.2 Å². The molecule has 0 aliphatic rings. The molecule has 6 N–H and O–H groups in total. The summed E-state index contributed by atoms with van der Waals surface area (Å²) in [5.41, 5.74) is 12.7. The Labute approximate surface area is 189 Å². The zero-order chi connectivity index (χ0) is 24.3. The number of carbonyl (C=O) groups excluding carboxylic acids is 1. The molecule has 1 aromatic carbocycles. The minimum atomic E-state index is -2.54. The first-order valence-corrected chi connectivity index (χ1v) is 10.6. The van der Waals surface area contributed by atoms with Crippen molar-refractivity contribution in [1.29, 1.82) is 0 Å². The molecule has 2 aromatic heterocycles. The Balaban J connectivity index is 1.96. The van der Waals surface area contributed by atoms with Gasteiger partial charge >= 0.3 is 0 Å².